The van der Waals surface area contributed by atoms with Crippen molar-refractivity contribution in [3.8, 4) is 0 Å². The molecule has 2 amide bonds. The molecule has 2 aliphatic rings. The number of hydrogen-bond acceptors (Lipinski definition) is 5. The molecule has 1 atom stereocenters. The highest BCUT2D eigenvalue weighted by molar-refractivity contribution is 8.14. The Morgan fingerprint density at radius 1 is 0.875 bits per heavy atom. The molecule has 158 valence electrons. The number of carbonyl (C=O) groups is 2. The van der Waals surface area contributed by atoms with Gasteiger partial charge >= 0.3 is 0 Å². The molecule has 3 aromatic carbocycles. The monoisotopic (exact) mass is 440 g/mol. The van der Waals surface area contributed by atoms with E-state index in [1.54, 1.807) is 24.3 Å². The number of hydrazone groups is 1. The molecule has 1 N–H and O–H groups in total. The largest absolute Gasteiger partial charge is 0.269 e. The number of imide groups is 1. The first kappa shape index (κ1) is 20.2. The van der Waals surface area contributed by atoms with E-state index in [1.165, 1.54) is 16.7 Å². The molecule has 0 aromatic heterocycles. The summed E-state index contributed by atoms with van der Waals surface area (Å²) in [7, 11) is 0. The molecule has 1 unspecified atom stereocenters. The predicted octanol–water partition coefficient (Wildman–Crippen LogP) is 4.27. The lowest BCUT2D eigenvalue weighted by molar-refractivity contribution is 0.0625. The summed E-state index contributed by atoms with van der Waals surface area (Å²) in [5.41, 5.74) is 6.50. The molecule has 0 spiro atoms. The Kier molecular flexibility index (Phi) is 5.56. The third-order valence-electron chi connectivity index (χ3n) is 5.43. The van der Waals surface area contributed by atoms with Gasteiger partial charge in [0.1, 0.15) is 0 Å². The maximum absolute atomic E-state index is 13.2. The summed E-state index contributed by atoms with van der Waals surface area (Å²) in [6, 6.07) is 26.0. The lowest BCUT2D eigenvalue weighted by Gasteiger charge is -2.29. The quantitative estimate of drug-likeness (QED) is 0.601. The number of hydrogen-bond donors (Lipinski definition) is 1. The SMILES string of the molecule is O=C1c2ccccc2C(=O)N1C(Cc1ccccc1)C1=NNC(=Nc2ccccc2)SC1. The van der Waals surface area contributed by atoms with E-state index in [9.17, 15) is 9.59 Å². The van der Waals surface area contributed by atoms with Crippen LogP contribution in [0.2, 0.25) is 0 Å². The van der Waals surface area contributed by atoms with Crippen molar-refractivity contribution in [3.05, 3.63) is 102 Å². The zero-order chi connectivity index (χ0) is 21.9. The summed E-state index contributed by atoms with van der Waals surface area (Å²) in [5, 5.41) is 5.23. The minimum absolute atomic E-state index is 0.275. The van der Waals surface area contributed by atoms with Crippen LogP contribution in [-0.4, -0.2) is 39.4 Å². The molecule has 32 heavy (non-hydrogen) atoms. The maximum Gasteiger partial charge on any atom is 0.262 e. The average Bonchev–Trinajstić information content (AvgIpc) is 3.10. The third kappa shape index (κ3) is 3.94. The molecule has 0 aliphatic carbocycles. The van der Waals surface area contributed by atoms with Crippen LogP contribution in [0.15, 0.2) is 95.0 Å². The van der Waals surface area contributed by atoms with E-state index in [-0.39, 0.29) is 11.8 Å². The van der Waals surface area contributed by atoms with Gasteiger partial charge in [0.15, 0.2) is 5.17 Å². The number of para-hydroxylation sites is 1. The summed E-state index contributed by atoms with van der Waals surface area (Å²) >= 11 is 1.51. The smallest absolute Gasteiger partial charge is 0.262 e. The first-order valence-electron chi connectivity index (χ1n) is 10.3. The molecule has 7 heteroatoms. The highest BCUT2D eigenvalue weighted by Crippen LogP contribution is 2.28. The molecule has 0 saturated carbocycles. The molecule has 3 aromatic rings. The van der Waals surface area contributed by atoms with Gasteiger partial charge in [0, 0.05) is 5.75 Å². The van der Waals surface area contributed by atoms with Crippen molar-refractivity contribution in [2.24, 2.45) is 10.1 Å². The van der Waals surface area contributed by atoms with Crippen LogP contribution in [0.4, 0.5) is 5.69 Å². The maximum atomic E-state index is 13.2. The number of rotatable bonds is 5. The molecule has 6 nitrogen and oxygen atoms in total. The third-order valence-corrected chi connectivity index (χ3v) is 6.33. The number of nitrogens with zero attached hydrogens (tertiary/aromatic N) is 3. The number of fused-ring (bicyclic) bond motifs is 1. The zero-order valence-electron chi connectivity index (χ0n) is 17.1. The fourth-order valence-electron chi connectivity index (χ4n) is 3.86. The second-order valence-corrected chi connectivity index (χ2v) is 8.45. The van der Waals surface area contributed by atoms with Crippen LogP contribution in [0.25, 0.3) is 0 Å². The van der Waals surface area contributed by atoms with Crippen LogP contribution in [-0.2, 0) is 6.42 Å². The Morgan fingerprint density at radius 3 is 2.06 bits per heavy atom. The van der Waals surface area contributed by atoms with Gasteiger partial charge in [-0.1, -0.05) is 72.4 Å². The summed E-state index contributed by atoms with van der Waals surface area (Å²) < 4.78 is 0. The molecule has 2 heterocycles. The van der Waals surface area contributed by atoms with Crippen molar-refractivity contribution in [1.29, 1.82) is 0 Å². The summed E-state index contributed by atoms with van der Waals surface area (Å²) in [6.45, 7) is 0. The topological polar surface area (TPSA) is 74.1 Å². The normalized spacial score (nSPS) is 17.7. The van der Waals surface area contributed by atoms with E-state index < -0.39 is 6.04 Å². The number of amides is 2. The minimum atomic E-state index is -0.483. The number of thioether (sulfide) groups is 1. The van der Waals surface area contributed by atoms with Crippen molar-refractivity contribution in [2.75, 3.05) is 5.75 Å². The van der Waals surface area contributed by atoms with Crippen molar-refractivity contribution in [1.82, 2.24) is 10.3 Å². The van der Waals surface area contributed by atoms with E-state index >= 15 is 0 Å². The van der Waals surface area contributed by atoms with E-state index in [2.05, 4.69) is 15.5 Å². The molecule has 5 rings (SSSR count). The second kappa shape index (κ2) is 8.80. The van der Waals surface area contributed by atoms with Gasteiger partial charge in [-0.05, 0) is 36.2 Å². The van der Waals surface area contributed by atoms with Crippen LogP contribution in [0.3, 0.4) is 0 Å². The number of nitrogens with one attached hydrogen (secondary N) is 1. The summed E-state index contributed by atoms with van der Waals surface area (Å²) in [5.74, 6) is -0.0187. The Bertz CT molecular complexity index is 1190. The Labute approximate surface area is 190 Å². The number of amidine groups is 1. The predicted molar refractivity (Wildman–Crippen MR) is 127 cm³/mol. The van der Waals surface area contributed by atoms with Crippen molar-refractivity contribution >= 4 is 40.1 Å². The van der Waals surface area contributed by atoms with Gasteiger partial charge < -0.3 is 0 Å². The fraction of sp³-hybridized carbons (Fsp3) is 0.120. The minimum Gasteiger partial charge on any atom is -0.269 e. The van der Waals surface area contributed by atoms with Crippen molar-refractivity contribution in [3.63, 3.8) is 0 Å². The highest BCUT2D eigenvalue weighted by Gasteiger charge is 2.42. The van der Waals surface area contributed by atoms with Crippen LogP contribution in [0.1, 0.15) is 26.3 Å². The molecule has 0 radical (unpaired) electrons. The average molecular weight is 441 g/mol. The van der Waals surface area contributed by atoms with E-state index in [0.717, 1.165) is 17.0 Å². The Hall–Kier alpha value is -3.71. The Balaban J connectivity index is 1.46. The van der Waals surface area contributed by atoms with Gasteiger partial charge in [0.25, 0.3) is 11.8 Å². The number of aliphatic imine (C=N–C) groups is 1. The molecule has 0 saturated heterocycles. The molecular weight excluding hydrogens is 420 g/mol. The first-order chi connectivity index (χ1) is 15.7. The van der Waals surface area contributed by atoms with Gasteiger partial charge in [0.2, 0.25) is 0 Å². The number of carbonyl (C=O) groups excluding carboxylic acids is 2. The van der Waals surface area contributed by atoms with Gasteiger partial charge in [-0.3, -0.25) is 19.9 Å². The van der Waals surface area contributed by atoms with Crippen LogP contribution in [0.5, 0.6) is 0 Å². The summed E-state index contributed by atoms with van der Waals surface area (Å²) in [4.78, 5) is 32.3. The van der Waals surface area contributed by atoms with Gasteiger partial charge in [0.05, 0.1) is 28.6 Å². The van der Waals surface area contributed by atoms with E-state index in [4.69, 9.17) is 0 Å². The highest BCUT2D eigenvalue weighted by atomic mass is 32.2. The molecule has 2 aliphatic heterocycles. The molecule has 0 bridgehead atoms. The standard InChI is InChI=1S/C25H20N4O2S/c30-23-19-13-7-8-14-20(19)24(31)29(23)22(15-17-9-3-1-4-10-17)21-16-32-25(28-27-21)26-18-11-5-2-6-12-18/h1-14,22H,15-16H2,(H,26,28). The summed E-state index contributed by atoms with van der Waals surface area (Å²) in [6.07, 6.45) is 0.499. The molecule has 0 fully saturated rings. The van der Waals surface area contributed by atoms with Gasteiger partial charge in [-0.2, -0.15) is 5.10 Å². The van der Waals surface area contributed by atoms with Crippen molar-refractivity contribution in [2.45, 2.75) is 12.5 Å². The lowest BCUT2D eigenvalue weighted by Crippen LogP contribution is -2.48. The Morgan fingerprint density at radius 2 is 1.47 bits per heavy atom. The molecular formula is C25H20N4O2S. The van der Waals surface area contributed by atoms with E-state index in [1.807, 2.05) is 60.7 Å². The first-order valence-corrected chi connectivity index (χ1v) is 11.3. The lowest BCUT2D eigenvalue weighted by atomic mass is 10.0. The van der Waals surface area contributed by atoms with E-state index in [0.29, 0.717) is 28.5 Å². The van der Waals surface area contributed by atoms with Gasteiger partial charge in [-0.25, -0.2) is 4.99 Å². The van der Waals surface area contributed by atoms with Crippen LogP contribution >= 0.6 is 11.8 Å². The van der Waals surface area contributed by atoms with Crippen LogP contribution in [0, 0.1) is 0 Å². The zero-order valence-corrected chi connectivity index (χ0v) is 18.0. The number of benzene rings is 3. The second-order valence-electron chi connectivity index (χ2n) is 7.49. The van der Waals surface area contributed by atoms with Crippen molar-refractivity contribution < 1.29 is 9.59 Å². The van der Waals surface area contributed by atoms with Crippen LogP contribution < -0.4 is 5.43 Å². The van der Waals surface area contributed by atoms with Gasteiger partial charge in [-0.15, -0.1) is 0 Å². The fourth-order valence-corrected chi connectivity index (χ4v) is 4.68.